The number of nitrogens with one attached hydrogen (secondary N) is 1. The normalized spacial score (nSPS) is 10.5. The van der Waals surface area contributed by atoms with Crippen molar-refractivity contribution in [1.29, 1.82) is 0 Å². The van der Waals surface area contributed by atoms with Crippen LogP contribution >= 0.6 is 0 Å². The Hall–Kier alpha value is -3.93. The zero-order valence-electron chi connectivity index (χ0n) is 15.1. The minimum atomic E-state index is -0.227. The lowest BCUT2D eigenvalue weighted by Gasteiger charge is -2.07. The Morgan fingerprint density at radius 2 is 1.68 bits per heavy atom. The molecule has 1 aromatic heterocycles. The molecule has 28 heavy (non-hydrogen) atoms. The van der Waals surface area contributed by atoms with Gasteiger partial charge in [-0.05, 0) is 42.5 Å². The summed E-state index contributed by atoms with van der Waals surface area (Å²) in [4.78, 5) is 17.0. The highest BCUT2D eigenvalue weighted by Crippen LogP contribution is 2.23. The van der Waals surface area contributed by atoms with Crippen LogP contribution < -0.4 is 10.1 Å². The molecule has 0 fully saturated rings. The number of ether oxygens (including phenoxy) is 1. The van der Waals surface area contributed by atoms with Crippen LogP contribution in [0.5, 0.6) is 5.75 Å². The van der Waals surface area contributed by atoms with Gasteiger partial charge in [-0.15, -0.1) is 0 Å². The van der Waals surface area contributed by atoms with E-state index in [1.54, 1.807) is 49.6 Å². The van der Waals surface area contributed by atoms with Gasteiger partial charge in [-0.3, -0.25) is 4.79 Å². The number of methoxy groups -OCH3 is 1. The van der Waals surface area contributed by atoms with Crippen molar-refractivity contribution in [3.05, 3.63) is 84.4 Å². The average molecular weight is 371 g/mol. The van der Waals surface area contributed by atoms with Gasteiger partial charge in [0.1, 0.15) is 5.75 Å². The Bertz CT molecular complexity index is 1090. The zero-order valence-corrected chi connectivity index (χ0v) is 15.1. The highest BCUT2D eigenvalue weighted by molar-refractivity contribution is 6.04. The molecule has 4 aromatic rings. The van der Waals surface area contributed by atoms with Crippen LogP contribution in [0.4, 0.5) is 5.69 Å². The first-order valence-corrected chi connectivity index (χ1v) is 8.68. The van der Waals surface area contributed by atoms with Gasteiger partial charge < -0.3 is 14.6 Å². The van der Waals surface area contributed by atoms with Gasteiger partial charge >= 0.3 is 0 Å². The minimum absolute atomic E-state index is 0.227. The predicted molar refractivity (Wildman–Crippen MR) is 106 cm³/mol. The maximum absolute atomic E-state index is 12.6. The van der Waals surface area contributed by atoms with Crippen molar-refractivity contribution in [3.63, 3.8) is 0 Å². The highest BCUT2D eigenvalue weighted by Gasteiger charge is 2.13. The molecule has 0 atom stereocenters. The third-order valence-electron chi connectivity index (χ3n) is 4.18. The van der Waals surface area contributed by atoms with Crippen molar-refractivity contribution < 1.29 is 14.1 Å². The lowest BCUT2D eigenvalue weighted by Crippen LogP contribution is -2.11. The number of hydrogen-bond donors (Lipinski definition) is 1. The molecule has 0 saturated carbocycles. The van der Waals surface area contributed by atoms with E-state index in [1.807, 2.05) is 36.4 Å². The average Bonchev–Trinajstić information content (AvgIpc) is 3.25. The van der Waals surface area contributed by atoms with Crippen molar-refractivity contribution >= 4 is 11.6 Å². The molecule has 6 heteroatoms. The first-order chi connectivity index (χ1) is 13.7. The molecule has 138 valence electrons. The maximum Gasteiger partial charge on any atom is 0.258 e. The number of aromatic nitrogens is 2. The smallest absolute Gasteiger partial charge is 0.258 e. The molecular weight excluding hydrogens is 354 g/mol. The van der Waals surface area contributed by atoms with E-state index in [4.69, 9.17) is 9.26 Å². The molecule has 1 heterocycles. The van der Waals surface area contributed by atoms with Crippen LogP contribution in [0.2, 0.25) is 0 Å². The Balaban J connectivity index is 1.54. The number of benzene rings is 3. The Morgan fingerprint density at radius 1 is 0.929 bits per heavy atom. The van der Waals surface area contributed by atoms with Gasteiger partial charge in [0.25, 0.3) is 11.8 Å². The van der Waals surface area contributed by atoms with Gasteiger partial charge in [0.2, 0.25) is 5.82 Å². The second-order valence-electron chi connectivity index (χ2n) is 6.05. The molecule has 0 unspecified atom stereocenters. The van der Waals surface area contributed by atoms with Gasteiger partial charge in [0.05, 0.1) is 7.11 Å². The van der Waals surface area contributed by atoms with Crippen LogP contribution in [0.25, 0.3) is 22.8 Å². The molecule has 1 amide bonds. The fourth-order valence-corrected chi connectivity index (χ4v) is 2.72. The maximum atomic E-state index is 12.6. The number of amides is 1. The number of carbonyl (C=O) groups is 1. The van der Waals surface area contributed by atoms with Crippen molar-refractivity contribution in [2.75, 3.05) is 12.4 Å². The van der Waals surface area contributed by atoms with Gasteiger partial charge in [-0.1, -0.05) is 41.6 Å². The largest absolute Gasteiger partial charge is 0.497 e. The van der Waals surface area contributed by atoms with Crippen molar-refractivity contribution in [2.45, 2.75) is 0 Å². The van der Waals surface area contributed by atoms with Crippen molar-refractivity contribution in [2.24, 2.45) is 0 Å². The summed E-state index contributed by atoms with van der Waals surface area (Å²) in [5, 5.41) is 6.88. The molecule has 1 N–H and O–H groups in total. The van der Waals surface area contributed by atoms with E-state index in [0.717, 1.165) is 11.3 Å². The molecule has 0 saturated heterocycles. The molecule has 0 aliphatic rings. The third kappa shape index (κ3) is 3.76. The fraction of sp³-hybridized carbons (Fsp3) is 0.0455. The molecule has 6 nitrogen and oxygen atoms in total. The molecule has 0 spiro atoms. The topological polar surface area (TPSA) is 77.2 Å². The van der Waals surface area contributed by atoms with Gasteiger partial charge in [-0.2, -0.15) is 4.98 Å². The van der Waals surface area contributed by atoms with Crippen LogP contribution in [0.1, 0.15) is 10.4 Å². The predicted octanol–water partition coefficient (Wildman–Crippen LogP) is 4.66. The van der Waals surface area contributed by atoms with Gasteiger partial charge in [-0.25, -0.2) is 0 Å². The van der Waals surface area contributed by atoms with E-state index in [1.165, 1.54) is 0 Å². The SMILES string of the molecule is COc1ccc(NC(=O)c2cccc(-c3nc(-c4ccccc4)no3)c2)cc1. The number of rotatable bonds is 5. The molecular formula is C22H17N3O3. The van der Waals surface area contributed by atoms with Gasteiger partial charge in [0, 0.05) is 22.4 Å². The number of nitrogens with zero attached hydrogens (tertiary/aromatic N) is 2. The summed E-state index contributed by atoms with van der Waals surface area (Å²) in [6, 6.07) is 23.8. The van der Waals surface area contributed by atoms with Crippen molar-refractivity contribution in [1.82, 2.24) is 10.1 Å². The minimum Gasteiger partial charge on any atom is -0.497 e. The quantitative estimate of drug-likeness (QED) is 0.552. The lowest BCUT2D eigenvalue weighted by molar-refractivity contribution is 0.102. The van der Waals surface area contributed by atoms with Crippen LogP contribution in [-0.4, -0.2) is 23.2 Å². The third-order valence-corrected chi connectivity index (χ3v) is 4.18. The lowest BCUT2D eigenvalue weighted by atomic mass is 10.1. The highest BCUT2D eigenvalue weighted by atomic mass is 16.5. The van der Waals surface area contributed by atoms with Crippen LogP contribution in [0.15, 0.2) is 83.4 Å². The Kier molecular flexibility index (Phi) is 4.84. The number of hydrogen-bond acceptors (Lipinski definition) is 5. The number of carbonyl (C=O) groups excluding carboxylic acids is 1. The summed E-state index contributed by atoms with van der Waals surface area (Å²) in [5.41, 5.74) is 2.72. The van der Waals surface area contributed by atoms with Crippen LogP contribution in [-0.2, 0) is 0 Å². The Labute approximate surface area is 161 Å². The molecule has 4 rings (SSSR count). The van der Waals surface area contributed by atoms with E-state index in [-0.39, 0.29) is 5.91 Å². The fourth-order valence-electron chi connectivity index (χ4n) is 2.72. The van der Waals surface area contributed by atoms with E-state index < -0.39 is 0 Å². The summed E-state index contributed by atoms with van der Waals surface area (Å²) in [7, 11) is 1.60. The second-order valence-corrected chi connectivity index (χ2v) is 6.05. The summed E-state index contributed by atoms with van der Waals surface area (Å²) < 4.78 is 10.5. The van der Waals surface area contributed by atoms with Gasteiger partial charge in [0.15, 0.2) is 0 Å². The van der Waals surface area contributed by atoms with E-state index >= 15 is 0 Å². The van der Waals surface area contributed by atoms with Crippen molar-refractivity contribution in [3.8, 4) is 28.6 Å². The van der Waals surface area contributed by atoms with E-state index in [0.29, 0.717) is 28.5 Å². The summed E-state index contributed by atoms with van der Waals surface area (Å²) in [5.74, 6) is 1.36. The summed E-state index contributed by atoms with van der Waals surface area (Å²) in [6.07, 6.45) is 0. The molecule has 0 bridgehead atoms. The first-order valence-electron chi connectivity index (χ1n) is 8.68. The molecule has 3 aromatic carbocycles. The monoisotopic (exact) mass is 371 g/mol. The molecule has 0 aliphatic carbocycles. The number of anilines is 1. The molecule has 0 aliphatic heterocycles. The summed E-state index contributed by atoms with van der Waals surface area (Å²) in [6.45, 7) is 0. The standard InChI is InChI=1S/C22H17N3O3/c1-27-19-12-10-18(11-13-19)23-21(26)16-8-5-9-17(14-16)22-24-20(25-28-22)15-6-3-2-4-7-15/h2-14H,1H3,(H,23,26). The first kappa shape index (κ1) is 17.5. The van der Waals surface area contributed by atoms with Crippen LogP contribution in [0.3, 0.4) is 0 Å². The zero-order chi connectivity index (χ0) is 19.3. The molecule has 0 radical (unpaired) electrons. The summed E-state index contributed by atoms with van der Waals surface area (Å²) >= 11 is 0. The Morgan fingerprint density at radius 3 is 2.43 bits per heavy atom. The second kappa shape index (κ2) is 7.75. The van der Waals surface area contributed by atoms with E-state index in [2.05, 4.69) is 15.5 Å². The van der Waals surface area contributed by atoms with E-state index in [9.17, 15) is 4.79 Å². The van der Waals surface area contributed by atoms with Crippen LogP contribution in [0, 0.1) is 0 Å².